The number of rotatable bonds is 11. The average molecular weight is 335 g/mol. The van der Waals surface area contributed by atoms with Crippen LogP contribution in [-0.4, -0.2) is 6.67 Å². The molecule has 0 N–H and O–H groups in total. The van der Waals surface area contributed by atoms with Gasteiger partial charge in [0, 0.05) is 6.42 Å². The Bertz CT molecular complexity index is 476. The molecule has 0 heterocycles. The Labute approximate surface area is 150 Å². The number of halogens is 1. The minimum atomic E-state index is -0.352. The maximum atomic E-state index is 12.9. The minimum absolute atomic E-state index is 0.352. The molecule has 0 aliphatic heterocycles. The molecule has 2 unspecified atom stereocenters. The fourth-order valence-electron chi connectivity index (χ4n) is 2.75. The summed E-state index contributed by atoms with van der Waals surface area (Å²) in [5.74, 6) is 2.15. The van der Waals surface area contributed by atoms with Crippen LogP contribution in [0, 0.1) is 17.8 Å². The molecule has 0 bridgehead atoms. The molecule has 0 fully saturated rings. The lowest BCUT2D eigenvalue weighted by molar-refractivity contribution is 0.339. The van der Waals surface area contributed by atoms with Gasteiger partial charge in [0.1, 0.15) is 0 Å². The van der Waals surface area contributed by atoms with Crippen LogP contribution in [0.4, 0.5) is 4.39 Å². The first kappa shape index (κ1) is 22.9. The van der Waals surface area contributed by atoms with Gasteiger partial charge in [-0.15, -0.1) is 0 Å². The Morgan fingerprint density at radius 2 is 1.54 bits per heavy atom. The molecular weight excluding hydrogens is 295 g/mol. The number of allylic oxidation sites excluding steroid dienone is 6. The molecule has 0 aromatic carbocycles. The maximum Gasteiger partial charge on any atom is 0.0935 e. The molecule has 0 aliphatic rings. The Balaban J connectivity index is 4.95. The van der Waals surface area contributed by atoms with Crippen LogP contribution in [0.1, 0.15) is 74.1 Å². The third-order valence-electron chi connectivity index (χ3n) is 5.24. The van der Waals surface area contributed by atoms with Gasteiger partial charge in [0.05, 0.1) is 6.67 Å². The zero-order valence-corrected chi connectivity index (χ0v) is 17.1. The molecular formula is C23H39F. The minimum Gasteiger partial charge on any atom is -0.251 e. The van der Waals surface area contributed by atoms with Crippen LogP contribution in [0.5, 0.6) is 0 Å². The van der Waals surface area contributed by atoms with E-state index in [1.54, 1.807) is 0 Å². The maximum absolute atomic E-state index is 12.9. The first-order chi connectivity index (χ1) is 11.1. The second-order valence-corrected chi connectivity index (χ2v) is 7.85. The molecule has 0 nitrogen and oxygen atoms in total. The summed E-state index contributed by atoms with van der Waals surface area (Å²) in [6, 6.07) is 0. The van der Waals surface area contributed by atoms with Crippen molar-refractivity contribution in [1.82, 2.24) is 0 Å². The molecule has 0 saturated heterocycles. The molecule has 0 amide bonds. The summed E-state index contributed by atoms with van der Waals surface area (Å²) in [6.45, 7) is 23.2. The fourth-order valence-corrected chi connectivity index (χ4v) is 2.75. The third-order valence-corrected chi connectivity index (χ3v) is 5.24. The van der Waals surface area contributed by atoms with Crippen LogP contribution < -0.4 is 0 Å². The van der Waals surface area contributed by atoms with Crippen molar-refractivity contribution >= 4 is 0 Å². The van der Waals surface area contributed by atoms with Crippen LogP contribution in [0.25, 0.3) is 0 Å². The van der Waals surface area contributed by atoms with Gasteiger partial charge in [-0.25, -0.2) is 0 Å². The summed E-state index contributed by atoms with van der Waals surface area (Å²) in [4.78, 5) is 0. The van der Waals surface area contributed by atoms with E-state index in [1.807, 2.05) is 13.8 Å². The van der Waals surface area contributed by atoms with Crippen molar-refractivity contribution in [2.75, 3.05) is 6.67 Å². The van der Waals surface area contributed by atoms with Crippen LogP contribution >= 0.6 is 0 Å². The van der Waals surface area contributed by atoms with Gasteiger partial charge < -0.3 is 0 Å². The van der Waals surface area contributed by atoms with E-state index < -0.39 is 0 Å². The monoisotopic (exact) mass is 334 g/mol. The highest BCUT2D eigenvalue weighted by molar-refractivity contribution is 5.49. The standard InChI is InChI=1S/C23H39F/c1-16(2)10-11-18(5)19(6)12-13-20(7)22(9)23(14-15-24)21(8)17(3)4/h13,16,18-19H,3,9-12,14-15H2,1-2,4-8H3/b20-13+,23-21-. The molecule has 24 heavy (non-hydrogen) atoms. The molecule has 0 rings (SSSR count). The third kappa shape index (κ3) is 8.13. The Morgan fingerprint density at radius 1 is 0.958 bits per heavy atom. The van der Waals surface area contributed by atoms with E-state index in [9.17, 15) is 4.39 Å². The lowest BCUT2D eigenvalue weighted by Gasteiger charge is -2.20. The highest BCUT2D eigenvalue weighted by Crippen LogP contribution is 2.29. The predicted molar refractivity (Wildman–Crippen MR) is 108 cm³/mol. The van der Waals surface area contributed by atoms with Crippen molar-refractivity contribution < 1.29 is 4.39 Å². The molecule has 2 atom stereocenters. The average Bonchev–Trinajstić information content (AvgIpc) is 2.53. The van der Waals surface area contributed by atoms with Gasteiger partial charge in [-0.2, -0.15) is 0 Å². The smallest absolute Gasteiger partial charge is 0.0935 e. The zero-order valence-electron chi connectivity index (χ0n) is 17.1. The summed E-state index contributed by atoms with van der Waals surface area (Å²) >= 11 is 0. The van der Waals surface area contributed by atoms with Gasteiger partial charge in [0.2, 0.25) is 0 Å². The first-order valence-electron chi connectivity index (χ1n) is 9.39. The molecule has 0 aromatic rings. The van der Waals surface area contributed by atoms with E-state index in [0.29, 0.717) is 12.3 Å². The van der Waals surface area contributed by atoms with Gasteiger partial charge in [0.25, 0.3) is 0 Å². The Hall–Kier alpha value is -1.11. The van der Waals surface area contributed by atoms with Crippen LogP contribution in [0.2, 0.25) is 0 Å². The van der Waals surface area contributed by atoms with E-state index >= 15 is 0 Å². The number of alkyl halides is 1. The normalized spacial score (nSPS) is 16.0. The lowest BCUT2D eigenvalue weighted by atomic mass is 9.85. The van der Waals surface area contributed by atoms with Gasteiger partial charge in [-0.1, -0.05) is 65.3 Å². The highest BCUT2D eigenvalue weighted by Gasteiger charge is 2.13. The van der Waals surface area contributed by atoms with Crippen molar-refractivity contribution in [3.8, 4) is 0 Å². The van der Waals surface area contributed by atoms with Gasteiger partial charge in [-0.3, -0.25) is 4.39 Å². The van der Waals surface area contributed by atoms with E-state index in [4.69, 9.17) is 0 Å². The molecule has 138 valence electrons. The Kier molecular flexibility index (Phi) is 10.9. The Morgan fingerprint density at radius 3 is 2.00 bits per heavy atom. The molecule has 0 radical (unpaired) electrons. The largest absolute Gasteiger partial charge is 0.251 e. The van der Waals surface area contributed by atoms with Crippen molar-refractivity contribution in [3.63, 3.8) is 0 Å². The van der Waals surface area contributed by atoms with Gasteiger partial charge in [0.15, 0.2) is 0 Å². The van der Waals surface area contributed by atoms with Crippen LogP contribution in [-0.2, 0) is 0 Å². The highest BCUT2D eigenvalue weighted by atomic mass is 19.1. The van der Waals surface area contributed by atoms with Gasteiger partial charge >= 0.3 is 0 Å². The van der Waals surface area contributed by atoms with E-state index in [0.717, 1.165) is 40.5 Å². The molecule has 0 aromatic heterocycles. The van der Waals surface area contributed by atoms with Crippen LogP contribution in [0.15, 0.2) is 47.1 Å². The van der Waals surface area contributed by atoms with Crippen LogP contribution in [0.3, 0.4) is 0 Å². The summed E-state index contributed by atoms with van der Waals surface area (Å²) in [6.07, 6.45) is 6.33. The van der Waals surface area contributed by atoms with Crippen molar-refractivity contribution in [2.45, 2.75) is 74.1 Å². The fraction of sp³-hybridized carbons (Fsp3) is 0.652. The molecule has 1 heteroatoms. The van der Waals surface area contributed by atoms with E-state index in [-0.39, 0.29) is 6.67 Å². The topological polar surface area (TPSA) is 0 Å². The van der Waals surface area contributed by atoms with E-state index in [1.165, 1.54) is 18.4 Å². The molecule has 0 spiro atoms. The second kappa shape index (κ2) is 11.4. The van der Waals surface area contributed by atoms with Gasteiger partial charge in [-0.05, 0) is 67.2 Å². The molecule has 0 saturated carbocycles. The SMILES string of the molecule is C=C(C)/C(C)=C(/CCF)C(=C)/C(C)=C/CC(C)C(C)CCC(C)C. The lowest BCUT2D eigenvalue weighted by Crippen LogP contribution is -2.08. The van der Waals surface area contributed by atoms with Crippen molar-refractivity contribution in [2.24, 2.45) is 17.8 Å². The van der Waals surface area contributed by atoms with Crippen molar-refractivity contribution in [1.29, 1.82) is 0 Å². The predicted octanol–water partition coefficient (Wildman–Crippen LogP) is 7.84. The molecule has 0 aliphatic carbocycles. The summed E-state index contributed by atoms with van der Waals surface area (Å²) in [5.41, 5.74) is 5.21. The quantitative estimate of drug-likeness (QED) is 0.338. The zero-order chi connectivity index (χ0) is 18.9. The second-order valence-electron chi connectivity index (χ2n) is 7.85. The van der Waals surface area contributed by atoms with Crippen molar-refractivity contribution in [3.05, 3.63) is 47.1 Å². The summed E-state index contributed by atoms with van der Waals surface area (Å²) < 4.78 is 12.9. The number of hydrogen-bond acceptors (Lipinski definition) is 0. The summed E-state index contributed by atoms with van der Waals surface area (Å²) in [5, 5.41) is 0. The van der Waals surface area contributed by atoms with E-state index in [2.05, 4.69) is 53.9 Å². The first-order valence-corrected chi connectivity index (χ1v) is 9.39. The summed E-state index contributed by atoms with van der Waals surface area (Å²) in [7, 11) is 0. The number of hydrogen-bond donors (Lipinski definition) is 0.